The van der Waals surface area contributed by atoms with Gasteiger partial charge in [-0.15, -0.1) is 0 Å². The van der Waals surface area contributed by atoms with Crippen LogP contribution in [0.3, 0.4) is 0 Å². The van der Waals surface area contributed by atoms with Gasteiger partial charge in [-0.3, -0.25) is 24.6 Å². The van der Waals surface area contributed by atoms with Crippen LogP contribution in [0.1, 0.15) is 52.6 Å². The maximum atomic E-state index is 12.9. The van der Waals surface area contributed by atoms with Crippen LogP contribution in [0.15, 0.2) is 77.2 Å². The van der Waals surface area contributed by atoms with Gasteiger partial charge < -0.3 is 14.9 Å². The van der Waals surface area contributed by atoms with E-state index in [1.807, 2.05) is 52.8 Å². The molecule has 5 rings (SSSR count). The maximum absolute atomic E-state index is 12.9. The van der Waals surface area contributed by atoms with Gasteiger partial charge in [-0.1, -0.05) is 62.4 Å². The van der Waals surface area contributed by atoms with E-state index in [0.29, 0.717) is 30.0 Å². The van der Waals surface area contributed by atoms with Gasteiger partial charge in [0.2, 0.25) is 5.91 Å². The molecule has 4 N–H and O–H groups in total. The van der Waals surface area contributed by atoms with Crippen molar-refractivity contribution in [1.29, 1.82) is 0 Å². The third-order valence-corrected chi connectivity index (χ3v) is 7.90. The molecule has 220 valence electrons. The van der Waals surface area contributed by atoms with Crippen molar-refractivity contribution >= 4 is 22.8 Å². The highest BCUT2D eigenvalue weighted by Crippen LogP contribution is 2.32. The Hall–Kier alpha value is -4.18. The molecule has 0 spiro atoms. The Labute approximate surface area is 245 Å². The summed E-state index contributed by atoms with van der Waals surface area (Å²) in [5.41, 5.74) is 11.5. The highest BCUT2D eigenvalue weighted by Gasteiger charge is 2.30. The molecule has 1 aliphatic heterocycles. The number of hydrogen-bond acceptors (Lipinski definition) is 7. The van der Waals surface area contributed by atoms with E-state index in [9.17, 15) is 14.8 Å². The quantitative estimate of drug-likeness (QED) is 0.180. The smallest absolute Gasteiger partial charge is 0.261 e. The number of primary amides is 1. The average Bonchev–Trinajstić information content (AvgIpc) is 3.38. The molecule has 4 aromatic rings. The van der Waals surface area contributed by atoms with Gasteiger partial charge in [0.1, 0.15) is 23.7 Å². The van der Waals surface area contributed by atoms with Crippen LogP contribution in [0.25, 0.3) is 11.0 Å². The van der Waals surface area contributed by atoms with Gasteiger partial charge >= 0.3 is 0 Å². The van der Waals surface area contributed by atoms with Crippen molar-refractivity contribution in [2.24, 2.45) is 5.73 Å². The fraction of sp³-hybridized carbons (Fsp3) is 0.333. The van der Waals surface area contributed by atoms with E-state index in [0.717, 1.165) is 41.9 Å². The first-order valence-corrected chi connectivity index (χ1v) is 14.3. The molecule has 1 aliphatic rings. The number of carbonyl (C=O) groups is 2. The zero-order valence-corrected chi connectivity index (χ0v) is 24.1. The summed E-state index contributed by atoms with van der Waals surface area (Å²) in [5.74, 6) is 0.479. The summed E-state index contributed by atoms with van der Waals surface area (Å²) in [6.45, 7) is 8.09. The Kier molecular flexibility index (Phi) is 9.22. The largest absolute Gasteiger partial charge is 0.489 e. The number of nitrogens with one attached hydrogen (secondary N) is 1. The van der Waals surface area contributed by atoms with E-state index in [1.54, 1.807) is 18.2 Å². The van der Waals surface area contributed by atoms with Gasteiger partial charge in [-0.2, -0.15) is 0 Å². The molecule has 0 bridgehead atoms. The van der Waals surface area contributed by atoms with Crippen LogP contribution >= 0.6 is 0 Å². The van der Waals surface area contributed by atoms with Gasteiger partial charge in [-0.05, 0) is 41.8 Å². The van der Waals surface area contributed by atoms with E-state index < -0.39 is 17.9 Å². The Morgan fingerprint density at radius 2 is 1.71 bits per heavy atom. The van der Waals surface area contributed by atoms with Crippen molar-refractivity contribution in [3.05, 3.63) is 101 Å². The summed E-state index contributed by atoms with van der Waals surface area (Å²) >= 11 is 0. The molecule has 0 aliphatic carbocycles. The highest BCUT2D eigenvalue weighted by atomic mass is 16.5. The number of rotatable bonds is 11. The second kappa shape index (κ2) is 13.2. The molecule has 0 radical (unpaired) electrons. The Morgan fingerprint density at radius 1 is 1.00 bits per heavy atom. The predicted molar refractivity (Wildman–Crippen MR) is 160 cm³/mol. The minimum Gasteiger partial charge on any atom is -0.489 e. The van der Waals surface area contributed by atoms with E-state index in [2.05, 4.69) is 30.9 Å². The number of benzene rings is 3. The molecule has 1 aromatic heterocycles. The topological polar surface area (TPSA) is 121 Å². The number of furan rings is 1. The molecule has 2 amide bonds. The zero-order valence-electron chi connectivity index (χ0n) is 24.1. The summed E-state index contributed by atoms with van der Waals surface area (Å²) in [6, 6.07) is 22.6. The van der Waals surface area contributed by atoms with E-state index in [-0.39, 0.29) is 18.9 Å². The van der Waals surface area contributed by atoms with Crippen molar-refractivity contribution in [2.45, 2.75) is 45.4 Å². The molecule has 1 saturated heterocycles. The third kappa shape index (κ3) is 6.65. The zero-order chi connectivity index (χ0) is 29.6. The van der Waals surface area contributed by atoms with Gasteiger partial charge in [-0.25, -0.2) is 5.48 Å². The number of amides is 2. The van der Waals surface area contributed by atoms with Crippen molar-refractivity contribution < 1.29 is 24.0 Å². The number of hydroxylamine groups is 1. The molecular weight excluding hydrogens is 532 g/mol. The standard InChI is InChI=1S/C33H38N4O5/c1-22(2)31-28(27-10-6-7-11-30(27)42-31)21-41-25-12-13-26(32(34)38)24(18-25)19-29(33(39)35-40)37-16-14-36(15-17-37)20-23-8-4-3-5-9-23/h3-13,18,22,29,40H,14-17,19-21H2,1-2H3,(H2,34,38)(H,35,39)/t29-/m0/s1. The summed E-state index contributed by atoms with van der Waals surface area (Å²) in [5, 5.41) is 10.6. The van der Waals surface area contributed by atoms with Gasteiger partial charge in [0.05, 0.1) is 6.04 Å². The molecule has 42 heavy (non-hydrogen) atoms. The van der Waals surface area contributed by atoms with Crippen LogP contribution in [0.5, 0.6) is 5.75 Å². The molecule has 1 fully saturated rings. The molecule has 2 heterocycles. The van der Waals surface area contributed by atoms with Crippen LogP contribution in [-0.2, 0) is 24.4 Å². The van der Waals surface area contributed by atoms with Crippen molar-refractivity contribution in [1.82, 2.24) is 15.3 Å². The summed E-state index contributed by atoms with van der Waals surface area (Å²) in [7, 11) is 0. The third-order valence-electron chi connectivity index (χ3n) is 7.90. The lowest BCUT2D eigenvalue weighted by Crippen LogP contribution is -2.55. The summed E-state index contributed by atoms with van der Waals surface area (Å²) in [4.78, 5) is 29.6. The Morgan fingerprint density at radius 3 is 2.40 bits per heavy atom. The Bertz CT molecular complexity index is 1530. The lowest BCUT2D eigenvalue weighted by Gasteiger charge is -2.38. The molecule has 0 unspecified atom stereocenters. The average molecular weight is 571 g/mol. The minimum atomic E-state index is -0.687. The first kappa shape index (κ1) is 29.3. The van der Waals surface area contributed by atoms with E-state index >= 15 is 0 Å². The van der Waals surface area contributed by atoms with Crippen molar-refractivity contribution in [2.75, 3.05) is 26.2 Å². The molecule has 9 nitrogen and oxygen atoms in total. The fourth-order valence-electron chi connectivity index (χ4n) is 5.70. The number of fused-ring (bicyclic) bond motifs is 1. The van der Waals surface area contributed by atoms with Gasteiger partial charge in [0.15, 0.2) is 0 Å². The number of nitrogens with zero attached hydrogens (tertiary/aromatic N) is 2. The second-order valence-electron chi connectivity index (χ2n) is 11.1. The monoisotopic (exact) mass is 570 g/mol. The van der Waals surface area contributed by atoms with Crippen molar-refractivity contribution in [3.63, 3.8) is 0 Å². The molecule has 0 saturated carbocycles. The maximum Gasteiger partial charge on any atom is 0.261 e. The number of para-hydroxylation sites is 1. The number of piperazine rings is 1. The minimum absolute atomic E-state index is 0.176. The second-order valence-corrected chi connectivity index (χ2v) is 11.1. The molecule has 3 aromatic carbocycles. The summed E-state index contributed by atoms with van der Waals surface area (Å²) < 4.78 is 12.3. The predicted octanol–water partition coefficient (Wildman–Crippen LogP) is 4.47. The first-order chi connectivity index (χ1) is 20.3. The van der Waals surface area contributed by atoms with Crippen LogP contribution in [0, 0.1) is 0 Å². The molecular formula is C33H38N4O5. The summed E-state index contributed by atoms with van der Waals surface area (Å²) in [6.07, 6.45) is 0.187. The number of hydrogen-bond donors (Lipinski definition) is 3. The van der Waals surface area contributed by atoms with Crippen LogP contribution in [0.2, 0.25) is 0 Å². The van der Waals surface area contributed by atoms with Crippen LogP contribution in [0.4, 0.5) is 0 Å². The Balaban J connectivity index is 1.33. The van der Waals surface area contributed by atoms with Crippen molar-refractivity contribution in [3.8, 4) is 5.75 Å². The first-order valence-electron chi connectivity index (χ1n) is 14.3. The SMILES string of the molecule is CC(C)c1oc2ccccc2c1COc1ccc(C(N)=O)c(C[C@@H](C(=O)NO)N2CCN(Cc3ccccc3)CC2)c1. The van der Waals surface area contributed by atoms with E-state index in [4.69, 9.17) is 14.9 Å². The highest BCUT2D eigenvalue weighted by molar-refractivity contribution is 5.95. The lowest BCUT2D eigenvalue weighted by atomic mass is 9.97. The van der Waals surface area contributed by atoms with Crippen LogP contribution < -0.4 is 16.0 Å². The van der Waals surface area contributed by atoms with Crippen LogP contribution in [-0.4, -0.2) is 59.0 Å². The molecule has 9 heteroatoms. The normalized spacial score (nSPS) is 15.1. The molecule has 1 atom stereocenters. The fourth-order valence-corrected chi connectivity index (χ4v) is 5.70. The number of ether oxygens (including phenoxy) is 1. The van der Waals surface area contributed by atoms with Gasteiger partial charge in [0.25, 0.3) is 5.91 Å². The lowest BCUT2D eigenvalue weighted by molar-refractivity contribution is -0.135. The van der Waals surface area contributed by atoms with Gasteiger partial charge in [0, 0.05) is 55.2 Å². The number of carbonyl (C=O) groups excluding carboxylic acids is 2. The van der Waals surface area contributed by atoms with E-state index in [1.165, 1.54) is 5.56 Å². The number of nitrogens with two attached hydrogens (primary N) is 1.